The molecule has 3 heterocycles. The number of nitrogens with zero attached hydrogens (tertiary/aromatic N) is 2. The van der Waals surface area contributed by atoms with Gasteiger partial charge >= 0.3 is 0 Å². The zero-order chi connectivity index (χ0) is 16.4. The standard InChI is InChI=1S/C17H28N4O2/c1-17(2,3)16-20-15(23-21-16)6-4-5-14(22)19-13-9-11-7-8-12(10-13)18-11/h11-13,18H,4-10H2,1-3H3,(H,19,22). The molecule has 0 spiro atoms. The van der Waals surface area contributed by atoms with E-state index in [9.17, 15) is 4.79 Å². The third-order valence-electron chi connectivity index (χ3n) is 4.77. The summed E-state index contributed by atoms with van der Waals surface area (Å²) in [6, 6.07) is 1.55. The zero-order valence-corrected chi connectivity index (χ0v) is 14.4. The van der Waals surface area contributed by atoms with E-state index in [1.165, 1.54) is 12.8 Å². The van der Waals surface area contributed by atoms with Gasteiger partial charge in [-0.15, -0.1) is 0 Å². The highest BCUT2D eigenvalue weighted by Gasteiger charge is 2.33. The molecular weight excluding hydrogens is 292 g/mol. The molecule has 1 aromatic heterocycles. The molecule has 6 nitrogen and oxygen atoms in total. The Kier molecular flexibility index (Phi) is 4.71. The summed E-state index contributed by atoms with van der Waals surface area (Å²) in [5, 5.41) is 10.8. The smallest absolute Gasteiger partial charge is 0.226 e. The lowest BCUT2D eigenvalue weighted by Gasteiger charge is -2.29. The number of nitrogens with one attached hydrogen (secondary N) is 2. The Morgan fingerprint density at radius 1 is 1.30 bits per heavy atom. The van der Waals surface area contributed by atoms with E-state index in [0.717, 1.165) is 25.1 Å². The van der Waals surface area contributed by atoms with Crippen LogP contribution in [0.25, 0.3) is 0 Å². The molecule has 2 unspecified atom stereocenters. The number of carbonyl (C=O) groups is 1. The summed E-state index contributed by atoms with van der Waals surface area (Å²) < 4.78 is 5.26. The quantitative estimate of drug-likeness (QED) is 0.868. The van der Waals surface area contributed by atoms with Crippen LogP contribution < -0.4 is 10.6 Å². The molecule has 23 heavy (non-hydrogen) atoms. The summed E-state index contributed by atoms with van der Waals surface area (Å²) in [4.78, 5) is 16.5. The second-order valence-corrected chi connectivity index (χ2v) is 7.99. The molecular formula is C17H28N4O2. The van der Waals surface area contributed by atoms with E-state index in [2.05, 4.69) is 41.5 Å². The van der Waals surface area contributed by atoms with Gasteiger partial charge in [0.2, 0.25) is 11.8 Å². The summed E-state index contributed by atoms with van der Waals surface area (Å²) in [6.07, 6.45) is 6.58. The fourth-order valence-corrected chi connectivity index (χ4v) is 3.54. The van der Waals surface area contributed by atoms with Crippen molar-refractivity contribution in [2.75, 3.05) is 0 Å². The van der Waals surface area contributed by atoms with Crippen LogP contribution in [0.5, 0.6) is 0 Å². The van der Waals surface area contributed by atoms with Crippen LogP contribution in [0.4, 0.5) is 0 Å². The number of hydrogen-bond acceptors (Lipinski definition) is 5. The molecule has 6 heteroatoms. The van der Waals surface area contributed by atoms with Crippen molar-refractivity contribution in [1.82, 2.24) is 20.8 Å². The van der Waals surface area contributed by atoms with Gasteiger partial charge in [0.1, 0.15) is 0 Å². The van der Waals surface area contributed by atoms with Gasteiger partial charge in [0.05, 0.1) is 0 Å². The summed E-state index contributed by atoms with van der Waals surface area (Å²) in [7, 11) is 0. The number of aryl methyl sites for hydroxylation is 1. The Morgan fingerprint density at radius 2 is 2.00 bits per heavy atom. The molecule has 0 aromatic carbocycles. The lowest BCUT2D eigenvalue weighted by Crippen LogP contribution is -2.48. The van der Waals surface area contributed by atoms with Crippen molar-refractivity contribution in [1.29, 1.82) is 0 Å². The zero-order valence-electron chi connectivity index (χ0n) is 14.4. The van der Waals surface area contributed by atoms with Crippen molar-refractivity contribution < 1.29 is 9.32 Å². The predicted octanol–water partition coefficient (Wildman–Crippen LogP) is 2.09. The molecule has 128 valence electrons. The number of aromatic nitrogens is 2. The van der Waals surface area contributed by atoms with Crippen LogP contribution in [0.3, 0.4) is 0 Å². The number of hydrogen-bond donors (Lipinski definition) is 2. The normalized spacial score (nSPS) is 27.2. The summed E-state index contributed by atoms with van der Waals surface area (Å²) in [6.45, 7) is 6.17. The van der Waals surface area contributed by atoms with Crippen LogP contribution in [-0.2, 0) is 16.6 Å². The highest BCUT2D eigenvalue weighted by molar-refractivity contribution is 5.76. The van der Waals surface area contributed by atoms with Gasteiger partial charge in [-0.3, -0.25) is 4.79 Å². The van der Waals surface area contributed by atoms with Gasteiger partial charge in [-0.25, -0.2) is 0 Å². The first-order chi connectivity index (χ1) is 10.9. The second kappa shape index (κ2) is 6.59. The lowest BCUT2D eigenvalue weighted by atomic mass is 9.96. The number of rotatable bonds is 5. The first-order valence-corrected chi connectivity index (χ1v) is 8.78. The van der Waals surface area contributed by atoms with Gasteiger partial charge in [-0.2, -0.15) is 4.98 Å². The largest absolute Gasteiger partial charge is 0.353 e. The maximum absolute atomic E-state index is 12.1. The van der Waals surface area contributed by atoms with Crippen LogP contribution in [0, 0.1) is 0 Å². The second-order valence-electron chi connectivity index (χ2n) is 7.99. The van der Waals surface area contributed by atoms with Crippen LogP contribution in [0.2, 0.25) is 0 Å². The molecule has 1 aromatic rings. The molecule has 2 bridgehead atoms. The van der Waals surface area contributed by atoms with E-state index >= 15 is 0 Å². The molecule has 2 N–H and O–H groups in total. The molecule has 2 saturated heterocycles. The maximum atomic E-state index is 12.1. The van der Waals surface area contributed by atoms with Crippen molar-refractivity contribution in [3.8, 4) is 0 Å². The van der Waals surface area contributed by atoms with Gasteiger partial charge in [0, 0.05) is 36.4 Å². The minimum Gasteiger partial charge on any atom is -0.353 e. The van der Waals surface area contributed by atoms with Crippen LogP contribution in [0.15, 0.2) is 4.52 Å². The number of amides is 1. The van der Waals surface area contributed by atoms with Crippen molar-refractivity contribution in [3.63, 3.8) is 0 Å². The van der Waals surface area contributed by atoms with Crippen LogP contribution in [0.1, 0.15) is 71.0 Å². The third-order valence-corrected chi connectivity index (χ3v) is 4.77. The van der Waals surface area contributed by atoms with E-state index in [1.807, 2.05) is 0 Å². The van der Waals surface area contributed by atoms with Crippen molar-refractivity contribution in [3.05, 3.63) is 11.7 Å². The summed E-state index contributed by atoms with van der Waals surface area (Å²) in [5.74, 6) is 1.50. The van der Waals surface area contributed by atoms with E-state index in [0.29, 0.717) is 36.9 Å². The van der Waals surface area contributed by atoms with Crippen molar-refractivity contribution >= 4 is 5.91 Å². The van der Waals surface area contributed by atoms with Crippen molar-refractivity contribution in [2.24, 2.45) is 0 Å². The van der Waals surface area contributed by atoms with Gasteiger partial charge in [-0.1, -0.05) is 25.9 Å². The minimum absolute atomic E-state index is 0.104. The van der Waals surface area contributed by atoms with E-state index in [1.54, 1.807) is 0 Å². The Balaban J connectivity index is 1.38. The Morgan fingerprint density at radius 3 is 2.61 bits per heavy atom. The topological polar surface area (TPSA) is 80.0 Å². The van der Waals surface area contributed by atoms with Gasteiger partial charge < -0.3 is 15.2 Å². The Hall–Kier alpha value is -1.43. The Bertz CT molecular complexity index is 537. The average molecular weight is 320 g/mol. The first kappa shape index (κ1) is 16.4. The van der Waals surface area contributed by atoms with Gasteiger partial charge in [0.15, 0.2) is 5.82 Å². The molecule has 3 rings (SSSR count). The molecule has 0 radical (unpaired) electrons. The van der Waals surface area contributed by atoms with Gasteiger partial charge in [-0.05, 0) is 32.1 Å². The highest BCUT2D eigenvalue weighted by Crippen LogP contribution is 2.26. The maximum Gasteiger partial charge on any atom is 0.226 e. The van der Waals surface area contributed by atoms with Crippen molar-refractivity contribution in [2.45, 2.75) is 89.3 Å². The average Bonchev–Trinajstić information content (AvgIpc) is 3.05. The molecule has 0 saturated carbocycles. The minimum atomic E-state index is -0.104. The Labute approximate surface area is 137 Å². The molecule has 1 amide bonds. The lowest BCUT2D eigenvalue weighted by molar-refractivity contribution is -0.122. The van der Waals surface area contributed by atoms with Crippen LogP contribution >= 0.6 is 0 Å². The molecule has 2 aliphatic heterocycles. The van der Waals surface area contributed by atoms with Gasteiger partial charge in [0.25, 0.3) is 0 Å². The number of piperidine rings is 1. The molecule has 2 atom stereocenters. The fourth-order valence-electron chi connectivity index (χ4n) is 3.54. The molecule has 2 aliphatic rings. The fraction of sp³-hybridized carbons (Fsp3) is 0.824. The molecule has 2 fully saturated rings. The third kappa shape index (κ3) is 4.31. The molecule has 0 aliphatic carbocycles. The van der Waals surface area contributed by atoms with E-state index in [4.69, 9.17) is 4.52 Å². The number of fused-ring (bicyclic) bond motifs is 2. The van der Waals surface area contributed by atoms with E-state index in [-0.39, 0.29) is 11.3 Å². The number of carbonyl (C=O) groups excluding carboxylic acids is 1. The van der Waals surface area contributed by atoms with Crippen LogP contribution in [-0.4, -0.2) is 34.2 Å². The summed E-state index contributed by atoms with van der Waals surface area (Å²) >= 11 is 0. The SMILES string of the molecule is CC(C)(C)c1noc(CCCC(=O)NC2CC3CCC(C2)N3)n1. The highest BCUT2D eigenvalue weighted by atomic mass is 16.5. The summed E-state index contributed by atoms with van der Waals surface area (Å²) in [5.41, 5.74) is -0.104. The predicted molar refractivity (Wildman–Crippen MR) is 87.0 cm³/mol. The van der Waals surface area contributed by atoms with E-state index < -0.39 is 0 Å². The monoisotopic (exact) mass is 320 g/mol. The first-order valence-electron chi connectivity index (χ1n) is 8.78.